The van der Waals surface area contributed by atoms with Crippen LogP contribution in [0.2, 0.25) is 0 Å². The summed E-state index contributed by atoms with van der Waals surface area (Å²) in [6.45, 7) is 4.45. The predicted octanol–water partition coefficient (Wildman–Crippen LogP) is 3.20. The van der Waals surface area contributed by atoms with Gasteiger partial charge in [0.1, 0.15) is 0 Å². The minimum atomic E-state index is 0.741. The Kier molecular flexibility index (Phi) is 3.02. The molecule has 1 aromatic carbocycles. The number of rotatable bonds is 4. The molecule has 4 unspecified atom stereocenters. The Bertz CT molecular complexity index is 395. The van der Waals surface area contributed by atoms with Crippen molar-refractivity contribution in [1.82, 2.24) is 5.32 Å². The molecule has 1 nitrogen and oxygen atoms in total. The SMILES string of the molecule is CCNCC1C2C=CC(C2)C1c1ccccc1. The molecule has 0 amide bonds. The molecule has 1 aromatic rings. The Morgan fingerprint density at radius 2 is 1.88 bits per heavy atom. The van der Waals surface area contributed by atoms with Crippen LogP contribution in [0.1, 0.15) is 24.8 Å². The van der Waals surface area contributed by atoms with Crippen LogP contribution in [0.25, 0.3) is 0 Å². The maximum absolute atomic E-state index is 3.54. The fourth-order valence-corrected chi connectivity index (χ4v) is 3.68. The lowest BCUT2D eigenvalue weighted by atomic mass is 9.78. The van der Waals surface area contributed by atoms with Gasteiger partial charge in [0.2, 0.25) is 0 Å². The molecule has 0 heterocycles. The molecule has 1 N–H and O–H groups in total. The van der Waals surface area contributed by atoms with E-state index in [-0.39, 0.29) is 0 Å². The summed E-state index contributed by atoms with van der Waals surface area (Å²) in [7, 11) is 0. The van der Waals surface area contributed by atoms with E-state index in [1.54, 1.807) is 0 Å². The maximum atomic E-state index is 3.54. The number of hydrogen-bond donors (Lipinski definition) is 1. The Labute approximate surface area is 104 Å². The number of nitrogens with one attached hydrogen (secondary N) is 1. The molecule has 2 aliphatic rings. The molecule has 1 saturated carbocycles. The predicted molar refractivity (Wildman–Crippen MR) is 72.0 cm³/mol. The van der Waals surface area contributed by atoms with E-state index < -0.39 is 0 Å². The fraction of sp³-hybridized carbons (Fsp3) is 0.500. The highest BCUT2D eigenvalue weighted by Gasteiger charge is 2.44. The maximum Gasteiger partial charge on any atom is -0.000892 e. The van der Waals surface area contributed by atoms with E-state index in [9.17, 15) is 0 Å². The average molecular weight is 227 g/mol. The molecule has 4 atom stereocenters. The summed E-state index contributed by atoms with van der Waals surface area (Å²) < 4.78 is 0. The first-order valence-electron chi connectivity index (χ1n) is 6.84. The van der Waals surface area contributed by atoms with E-state index in [1.807, 2.05) is 0 Å². The highest BCUT2D eigenvalue weighted by Crippen LogP contribution is 2.52. The van der Waals surface area contributed by atoms with Gasteiger partial charge in [-0.1, -0.05) is 49.4 Å². The lowest BCUT2D eigenvalue weighted by Crippen LogP contribution is -2.29. The van der Waals surface area contributed by atoms with Crippen LogP contribution in [-0.4, -0.2) is 13.1 Å². The molecule has 1 fully saturated rings. The summed E-state index contributed by atoms with van der Waals surface area (Å²) in [5, 5.41) is 3.54. The summed E-state index contributed by atoms with van der Waals surface area (Å²) in [5.41, 5.74) is 1.53. The van der Waals surface area contributed by atoms with Crippen LogP contribution in [0.15, 0.2) is 42.5 Å². The summed E-state index contributed by atoms with van der Waals surface area (Å²) in [6, 6.07) is 11.1. The first-order valence-corrected chi connectivity index (χ1v) is 6.84. The Balaban J connectivity index is 1.84. The molecule has 0 radical (unpaired) electrons. The Hall–Kier alpha value is -1.08. The molecule has 0 saturated heterocycles. The largest absolute Gasteiger partial charge is 0.317 e. The van der Waals surface area contributed by atoms with Gasteiger partial charge in [0, 0.05) is 0 Å². The van der Waals surface area contributed by atoms with E-state index >= 15 is 0 Å². The van der Waals surface area contributed by atoms with Crippen LogP contribution in [-0.2, 0) is 0 Å². The van der Waals surface area contributed by atoms with Crippen LogP contribution in [0.5, 0.6) is 0 Å². The third kappa shape index (κ3) is 1.93. The third-order valence-electron chi connectivity index (χ3n) is 4.44. The highest BCUT2D eigenvalue weighted by atomic mass is 14.9. The third-order valence-corrected chi connectivity index (χ3v) is 4.44. The summed E-state index contributed by atoms with van der Waals surface area (Å²) >= 11 is 0. The Morgan fingerprint density at radius 1 is 1.12 bits per heavy atom. The molecule has 17 heavy (non-hydrogen) atoms. The van der Waals surface area contributed by atoms with Gasteiger partial charge in [0.25, 0.3) is 0 Å². The number of fused-ring (bicyclic) bond motifs is 2. The van der Waals surface area contributed by atoms with E-state index in [0.717, 1.165) is 30.2 Å². The van der Waals surface area contributed by atoms with Crippen molar-refractivity contribution >= 4 is 0 Å². The van der Waals surface area contributed by atoms with Crippen molar-refractivity contribution < 1.29 is 0 Å². The van der Waals surface area contributed by atoms with Crippen LogP contribution in [0.3, 0.4) is 0 Å². The Morgan fingerprint density at radius 3 is 2.65 bits per heavy atom. The van der Waals surface area contributed by atoms with Gasteiger partial charge in [-0.25, -0.2) is 0 Å². The molecule has 0 aromatic heterocycles. The second-order valence-corrected chi connectivity index (χ2v) is 5.36. The van der Waals surface area contributed by atoms with Gasteiger partial charge in [0.15, 0.2) is 0 Å². The number of hydrogen-bond acceptors (Lipinski definition) is 1. The van der Waals surface area contributed by atoms with Crippen LogP contribution < -0.4 is 5.32 Å². The first-order chi connectivity index (χ1) is 8.40. The van der Waals surface area contributed by atoms with E-state index in [0.29, 0.717) is 0 Å². The van der Waals surface area contributed by atoms with E-state index in [1.165, 1.54) is 18.5 Å². The zero-order valence-corrected chi connectivity index (χ0v) is 10.5. The van der Waals surface area contributed by atoms with Gasteiger partial charge < -0.3 is 5.32 Å². The van der Waals surface area contributed by atoms with Gasteiger partial charge in [-0.2, -0.15) is 0 Å². The van der Waals surface area contributed by atoms with Crippen molar-refractivity contribution in [3.05, 3.63) is 48.0 Å². The highest BCUT2D eigenvalue weighted by molar-refractivity contribution is 5.29. The second-order valence-electron chi connectivity index (χ2n) is 5.36. The van der Waals surface area contributed by atoms with Crippen molar-refractivity contribution in [2.24, 2.45) is 17.8 Å². The monoisotopic (exact) mass is 227 g/mol. The molecule has 90 valence electrons. The second kappa shape index (κ2) is 4.66. The van der Waals surface area contributed by atoms with E-state index in [4.69, 9.17) is 0 Å². The topological polar surface area (TPSA) is 12.0 Å². The number of benzene rings is 1. The van der Waals surface area contributed by atoms with Gasteiger partial charge in [-0.15, -0.1) is 0 Å². The van der Waals surface area contributed by atoms with Gasteiger partial charge in [0.05, 0.1) is 0 Å². The van der Waals surface area contributed by atoms with Gasteiger partial charge >= 0.3 is 0 Å². The molecule has 0 spiro atoms. The normalized spacial score (nSPS) is 34.4. The van der Waals surface area contributed by atoms with E-state index in [2.05, 4.69) is 54.7 Å². The molecule has 3 rings (SSSR count). The van der Waals surface area contributed by atoms with Crippen LogP contribution in [0.4, 0.5) is 0 Å². The summed E-state index contributed by atoms with van der Waals surface area (Å²) in [6.07, 6.45) is 6.27. The van der Waals surface area contributed by atoms with Crippen LogP contribution >= 0.6 is 0 Å². The minimum Gasteiger partial charge on any atom is -0.317 e. The first kappa shape index (κ1) is 11.0. The number of allylic oxidation sites excluding steroid dienone is 2. The van der Waals surface area contributed by atoms with Crippen molar-refractivity contribution in [3.63, 3.8) is 0 Å². The zero-order valence-electron chi connectivity index (χ0n) is 10.5. The van der Waals surface area contributed by atoms with Crippen molar-refractivity contribution in [2.45, 2.75) is 19.3 Å². The van der Waals surface area contributed by atoms with Gasteiger partial charge in [-0.3, -0.25) is 0 Å². The molecule has 2 bridgehead atoms. The smallest absolute Gasteiger partial charge is 0.000892 e. The molecular weight excluding hydrogens is 206 g/mol. The molecule has 1 heteroatoms. The zero-order chi connectivity index (χ0) is 11.7. The van der Waals surface area contributed by atoms with Crippen molar-refractivity contribution in [1.29, 1.82) is 0 Å². The average Bonchev–Trinajstić information content (AvgIpc) is 2.97. The lowest BCUT2D eigenvalue weighted by Gasteiger charge is -2.28. The quantitative estimate of drug-likeness (QED) is 0.779. The fourth-order valence-electron chi connectivity index (χ4n) is 3.68. The standard InChI is InChI=1S/C16H21N/c1-2-17-11-15-13-8-9-14(10-13)16(15)12-6-4-3-5-7-12/h3-9,13-17H,2,10-11H2,1H3. The molecule has 2 aliphatic carbocycles. The molecule has 0 aliphatic heterocycles. The molecular formula is C16H21N. The van der Waals surface area contributed by atoms with Crippen LogP contribution in [0, 0.1) is 17.8 Å². The summed E-state index contributed by atoms with van der Waals surface area (Å²) in [4.78, 5) is 0. The lowest BCUT2D eigenvalue weighted by molar-refractivity contribution is 0.374. The summed E-state index contributed by atoms with van der Waals surface area (Å²) in [5.74, 6) is 3.13. The van der Waals surface area contributed by atoms with Crippen molar-refractivity contribution in [2.75, 3.05) is 13.1 Å². The van der Waals surface area contributed by atoms with Crippen molar-refractivity contribution in [3.8, 4) is 0 Å². The minimum absolute atomic E-state index is 0.741. The van der Waals surface area contributed by atoms with Gasteiger partial charge in [-0.05, 0) is 48.7 Å².